The van der Waals surface area contributed by atoms with Gasteiger partial charge in [0.25, 0.3) is 0 Å². The molecular weight excluding hydrogens is 544 g/mol. The summed E-state index contributed by atoms with van der Waals surface area (Å²) >= 11 is 0. The number of hydrogen-bond acceptors (Lipinski definition) is 1. The van der Waals surface area contributed by atoms with Gasteiger partial charge in [0.05, 0.1) is 38.4 Å². The summed E-state index contributed by atoms with van der Waals surface area (Å²) in [6.07, 6.45) is 0. The predicted molar refractivity (Wildman–Crippen MR) is 190 cm³/mol. The minimum atomic E-state index is -1.09. The summed E-state index contributed by atoms with van der Waals surface area (Å²) in [5.41, 5.74) is -7.41. The molecule has 0 aliphatic heterocycles. The molecule has 0 aliphatic rings. The SMILES string of the molecule is [2H]c1c([2H])c([2H])c(-c2c([2H])c([2H])c3oc4c([2H])c(-c5c([2H])c([2H])c([2H])c(-c6c7c([2H])c([2H])c([2H])c([2H])c7c(-c7c([2H])c([2H])c([2H])c([2H])c7[2H])c7c([2H])c([2H])c([2H])c([2H])c67)c5[2H])c([2H])c([2H])c4c3c2[2H])c([2H])c1[2H]. The number of benzene rings is 8. The van der Waals surface area contributed by atoms with Crippen LogP contribution in [0.3, 0.4) is 0 Å². The molecule has 210 valence electrons. The first kappa shape index (κ1) is 10.1. The molecule has 0 aliphatic carbocycles. The molecule has 0 spiro atoms. The van der Waals surface area contributed by atoms with Gasteiger partial charge in [-0.3, -0.25) is 0 Å². The van der Waals surface area contributed by atoms with Crippen LogP contribution in [0.4, 0.5) is 0 Å². The fraction of sp³-hybridized carbons (Fsp3) is 0. The molecule has 1 heterocycles. The van der Waals surface area contributed by atoms with Crippen molar-refractivity contribution in [3.8, 4) is 44.5 Å². The minimum Gasteiger partial charge on any atom is -0.456 e. The van der Waals surface area contributed by atoms with Gasteiger partial charge in [0, 0.05) is 10.8 Å². The molecule has 0 saturated carbocycles. The van der Waals surface area contributed by atoms with Crippen LogP contribution in [0.2, 0.25) is 0 Å². The van der Waals surface area contributed by atoms with Crippen molar-refractivity contribution in [2.24, 2.45) is 0 Å². The van der Waals surface area contributed by atoms with E-state index in [1.165, 1.54) is 0 Å². The molecule has 1 heteroatoms. The highest BCUT2D eigenvalue weighted by atomic mass is 16.3. The quantitative estimate of drug-likeness (QED) is 0.183. The second kappa shape index (κ2) is 10.4. The maximum Gasteiger partial charge on any atom is 0.136 e. The Morgan fingerprint density at radius 1 is 0.289 bits per heavy atom. The smallest absolute Gasteiger partial charge is 0.136 e. The van der Waals surface area contributed by atoms with Gasteiger partial charge in [-0.15, -0.1) is 0 Å². The Labute approximate surface area is 301 Å². The average molecular weight is 601 g/mol. The van der Waals surface area contributed by atoms with Gasteiger partial charge in [-0.1, -0.05) is 139 Å². The standard InChI is InChI=1S/C44H28O/c1-3-12-29(13-4-1)32-23-25-41-40(27-32)35-24-22-33(28-42(35)45-41)31-16-11-17-34(26-31)44-38-20-9-7-18-36(38)43(30-14-5-2-6-15-30)37-19-8-10-21-39(37)44/h1-28H/i1D,2D,3D,4D,5D,6D,7D,8D,9D,10D,11D,12D,13D,14D,15D,16D,17D,18D,19D,20D,21D,22D,23D,24D,25D,26D,27D,28D. The van der Waals surface area contributed by atoms with Crippen LogP contribution in [-0.2, 0) is 0 Å². The lowest BCUT2D eigenvalue weighted by Gasteiger charge is -2.18. The van der Waals surface area contributed by atoms with Crippen molar-refractivity contribution in [2.45, 2.75) is 0 Å². The fourth-order valence-electron chi connectivity index (χ4n) is 5.11. The largest absolute Gasteiger partial charge is 0.456 e. The van der Waals surface area contributed by atoms with E-state index in [1.807, 2.05) is 0 Å². The van der Waals surface area contributed by atoms with Gasteiger partial charge in [0.15, 0.2) is 0 Å². The van der Waals surface area contributed by atoms with Crippen molar-refractivity contribution in [1.82, 2.24) is 0 Å². The molecule has 9 aromatic rings. The Morgan fingerprint density at radius 3 is 1.44 bits per heavy atom. The number of furan rings is 1. The molecule has 0 bridgehead atoms. The van der Waals surface area contributed by atoms with Gasteiger partial charge in [-0.25, -0.2) is 0 Å². The molecule has 8 aromatic carbocycles. The highest BCUT2D eigenvalue weighted by Crippen LogP contribution is 2.44. The van der Waals surface area contributed by atoms with Gasteiger partial charge in [-0.05, 0) is 96.3 Å². The van der Waals surface area contributed by atoms with Crippen molar-refractivity contribution in [3.05, 3.63) is 169 Å². The van der Waals surface area contributed by atoms with Crippen molar-refractivity contribution >= 4 is 43.5 Å². The van der Waals surface area contributed by atoms with E-state index in [0.29, 0.717) is 0 Å². The molecule has 1 aromatic heterocycles. The van der Waals surface area contributed by atoms with Gasteiger partial charge in [-0.2, -0.15) is 0 Å². The summed E-state index contributed by atoms with van der Waals surface area (Å²) < 4.78 is 254. The van der Waals surface area contributed by atoms with Crippen LogP contribution in [0.5, 0.6) is 0 Å². The van der Waals surface area contributed by atoms with Crippen LogP contribution < -0.4 is 0 Å². The van der Waals surface area contributed by atoms with Gasteiger partial charge in [0.2, 0.25) is 0 Å². The first-order valence-electron chi connectivity index (χ1n) is 27.2. The molecule has 0 fully saturated rings. The second-order valence-corrected chi connectivity index (χ2v) is 9.51. The normalized spacial score (nSPS) is 20.3. The molecule has 0 radical (unpaired) electrons. The Kier molecular flexibility index (Phi) is 2.32. The van der Waals surface area contributed by atoms with Crippen LogP contribution in [0, 0.1) is 0 Å². The van der Waals surface area contributed by atoms with E-state index in [-0.39, 0.29) is 0 Å². The lowest BCUT2D eigenvalue weighted by atomic mass is 9.85. The molecule has 0 atom stereocenters. The summed E-state index contributed by atoms with van der Waals surface area (Å²) in [5.74, 6) is 0. The van der Waals surface area contributed by atoms with Crippen LogP contribution in [0.25, 0.3) is 88.0 Å². The Hall–Kier alpha value is -5.92. The first-order chi connectivity index (χ1) is 34.0. The molecule has 0 amide bonds. The Bertz CT molecular complexity index is 3980. The molecule has 1 nitrogen and oxygen atoms in total. The minimum absolute atomic E-state index is 0.502. The maximum atomic E-state index is 9.78. The van der Waals surface area contributed by atoms with E-state index in [0.717, 1.165) is 0 Å². The zero-order valence-corrected chi connectivity index (χ0v) is 22.4. The van der Waals surface area contributed by atoms with Gasteiger partial charge < -0.3 is 4.42 Å². The van der Waals surface area contributed by atoms with E-state index >= 15 is 0 Å². The zero-order valence-electron chi connectivity index (χ0n) is 50.4. The van der Waals surface area contributed by atoms with Gasteiger partial charge >= 0.3 is 0 Å². The van der Waals surface area contributed by atoms with Crippen LogP contribution >= 0.6 is 0 Å². The lowest BCUT2D eigenvalue weighted by molar-refractivity contribution is 0.669. The van der Waals surface area contributed by atoms with Crippen molar-refractivity contribution in [2.75, 3.05) is 0 Å². The van der Waals surface area contributed by atoms with E-state index in [9.17, 15) is 13.7 Å². The fourth-order valence-corrected chi connectivity index (χ4v) is 5.11. The second-order valence-electron chi connectivity index (χ2n) is 9.51. The molecular formula is C44H28O. The third kappa shape index (κ3) is 4.24. The van der Waals surface area contributed by atoms with Gasteiger partial charge in [0.1, 0.15) is 11.2 Å². The highest BCUT2D eigenvalue weighted by molar-refractivity contribution is 6.21. The maximum absolute atomic E-state index is 9.78. The van der Waals surface area contributed by atoms with Crippen LogP contribution in [0.15, 0.2) is 174 Å². The number of rotatable bonds is 4. The van der Waals surface area contributed by atoms with E-state index in [4.69, 9.17) is 29.1 Å². The Morgan fingerprint density at radius 2 is 0.778 bits per heavy atom. The first-order valence-corrected chi connectivity index (χ1v) is 13.2. The molecule has 0 N–H and O–H groups in total. The molecule has 9 rings (SSSR count). The third-order valence-electron chi connectivity index (χ3n) is 7.01. The predicted octanol–water partition coefficient (Wildman–Crippen LogP) is 12.6. The third-order valence-corrected chi connectivity index (χ3v) is 7.01. The summed E-state index contributed by atoms with van der Waals surface area (Å²) in [4.78, 5) is 0. The van der Waals surface area contributed by atoms with E-state index < -0.39 is 257 Å². The van der Waals surface area contributed by atoms with E-state index in [2.05, 4.69) is 0 Å². The molecule has 0 saturated heterocycles. The summed E-state index contributed by atoms with van der Waals surface area (Å²) in [6.45, 7) is 0. The van der Waals surface area contributed by atoms with Crippen molar-refractivity contribution < 1.29 is 42.8 Å². The zero-order chi connectivity index (χ0) is 54.1. The topological polar surface area (TPSA) is 13.1 Å². The van der Waals surface area contributed by atoms with Crippen LogP contribution in [-0.4, -0.2) is 0 Å². The van der Waals surface area contributed by atoms with Crippen LogP contribution in [0.1, 0.15) is 38.4 Å². The highest BCUT2D eigenvalue weighted by Gasteiger charge is 2.17. The Balaban J connectivity index is 1.49. The molecule has 45 heavy (non-hydrogen) atoms. The summed E-state index contributed by atoms with van der Waals surface area (Å²) in [6, 6.07) is -26.3. The van der Waals surface area contributed by atoms with Crippen molar-refractivity contribution in [3.63, 3.8) is 0 Å². The molecule has 0 unspecified atom stereocenters. The monoisotopic (exact) mass is 600 g/mol. The number of hydrogen-bond donors (Lipinski definition) is 0. The average Bonchev–Trinajstić information content (AvgIpc) is 3.77. The van der Waals surface area contributed by atoms with E-state index in [1.54, 1.807) is 0 Å². The summed E-state index contributed by atoms with van der Waals surface area (Å²) in [5, 5.41) is -3.95. The summed E-state index contributed by atoms with van der Waals surface area (Å²) in [7, 11) is 0. The lowest BCUT2D eigenvalue weighted by Crippen LogP contribution is -1.91. The number of fused-ring (bicyclic) bond motifs is 5. The van der Waals surface area contributed by atoms with Crippen molar-refractivity contribution in [1.29, 1.82) is 0 Å².